The molecule has 1 amide bonds. The molecule has 1 aliphatic heterocycles. The summed E-state index contributed by atoms with van der Waals surface area (Å²) in [5, 5.41) is 15.0. The Kier molecular flexibility index (Phi) is 5.03. The number of nitrogens with zero attached hydrogens (tertiary/aromatic N) is 5. The van der Waals surface area contributed by atoms with Crippen molar-refractivity contribution in [2.45, 2.75) is 18.5 Å². The maximum absolute atomic E-state index is 12.4. The molecule has 31 heavy (non-hydrogen) atoms. The van der Waals surface area contributed by atoms with Crippen molar-refractivity contribution >= 4 is 39.8 Å². The molecular formula is C18H15N7O4S2. The molecule has 3 aromatic heterocycles. The lowest BCUT2D eigenvalue weighted by Gasteiger charge is -2.08. The summed E-state index contributed by atoms with van der Waals surface area (Å²) >= 11 is 2.50. The number of anilines is 1. The van der Waals surface area contributed by atoms with Crippen LogP contribution in [0.15, 0.2) is 34.2 Å². The number of H-pyrrole nitrogens is 1. The number of aromatic nitrogens is 6. The molecule has 0 atom stereocenters. The van der Waals surface area contributed by atoms with E-state index in [1.807, 2.05) is 13.0 Å². The van der Waals surface area contributed by atoms with Gasteiger partial charge in [-0.05, 0) is 24.6 Å². The number of hydrogen-bond donors (Lipinski definition) is 2. The third-order valence-corrected chi connectivity index (χ3v) is 6.22. The zero-order valence-electron chi connectivity index (χ0n) is 16.1. The third kappa shape index (κ3) is 3.96. The molecule has 11 nitrogen and oxygen atoms in total. The van der Waals surface area contributed by atoms with Crippen molar-refractivity contribution in [1.29, 1.82) is 0 Å². The Morgan fingerprint density at radius 3 is 2.97 bits per heavy atom. The number of ether oxygens (including phenoxy) is 2. The first kappa shape index (κ1) is 19.5. The standard InChI is InChI=1S/C18H15N7O4S2/c1-2-15-22-23-17(31-15)20-14(27)7-30-18-21-16(19-12-6-13(26)24-25(12)18)9-3-4-10-11(5-9)29-8-28-10/h3-6H,2,7-8H2,1H3,(H,24,26)(H,20,23,27). The second-order valence-electron chi connectivity index (χ2n) is 6.40. The molecule has 5 rings (SSSR count). The number of fused-ring (bicyclic) bond motifs is 2. The van der Waals surface area contributed by atoms with E-state index in [-0.39, 0.29) is 24.0 Å². The van der Waals surface area contributed by atoms with Gasteiger partial charge in [-0.3, -0.25) is 20.0 Å². The molecule has 0 unspecified atom stereocenters. The normalized spacial score (nSPS) is 12.4. The Morgan fingerprint density at radius 2 is 2.13 bits per heavy atom. The molecule has 0 saturated carbocycles. The fourth-order valence-electron chi connectivity index (χ4n) is 2.88. The van der Waals surface area contributed by atoms with Gasteiger partial charge in [-0.1, -0.05) is 30.0 Å². The Balaban J connectivity index is 1.41. The highest BCUT2D eigenvalue weighted by Crippen LogP contribution is 2.35. The first-order valence-electron chi connectivity index (χ1n) is 9.24. The monoisotopic (exact) mass is 457 g/mol. The van der Waals surface area contributed by atoms with Crippen molar-refractivity contribution in [2.24, 2.45) is 0 Å². The van der Waals surface area contributed by atoms with Crippen LogP contribution < -0.4 is 20.3 Å². The second kappa shape index (κ2) is 8.00. The van der Waals surface area contributed by atoms with Crippen molar-refractivity contribution in [3.05, 3.63) is 39.6 Å². The summed E-state index contributed by atoms with van der Waals surface area (Å²) < 4.78 is 12.2. The molecule has 13 heteroatoms. The van der Waals surface area contributed by atoms with Crippen LogP contribution in [-0.2, 0) is 11.2 Å². The predicted octanol–water partition coefficient (Wildman–Crippen LogP) is 1.96. The smallest absolute Gasteiger partial charge is 0.266 e. The van der Waals surface area contributed by atoms with Crippen LogP contribution in [0.5, 0.6) is 11.5 Å². The largest absolute Gasteiger partial charge is 0.454 e. The van der Waals surface area contributed by atoms with Crippen LogP contribution >= 0.6 is 23.1 Å². The molecule has 0 radical (unpaired) electrons. The molecule has 0 bridgehead atoms. The quantitative estimate of drug-likeness (QED) is 0.416. The summed E-state index contributed by atoms with van der Waals surface area (Å²) in [6.07, 6.45) is 0.755. The molecule has 0 aliphatic carbocycles. The number of amides is 1. The van der Waals surface area contributed by atoms with Crippen molar-refractivity contribution in [3.8, 4) is 22.9 Å². The summed E-state index contributed by atoms with van der Waals surface area (Å²) in [7, 11) is 0. The van der Waals surface area contributed by atoms with Crippen molar-refractivity contribution in [1.82, 2.24) is 29.8 Å². The topological polar surface area (TPSA) is 136 Å². The zero-order valence-corrected chi connectivity index (χ0v) is 17.7. The highest BCUT2D eigenvalue weighted by molar-refractivity contribution is 7.99. The van der Waals surface area contributed by atoms with Crippen LogP contribution in [0.3, 0.4) is 0 Å². The lowest BCUT2D eigenvalue weighted by Crippen LogP contribution is -2.15. The SMILES string of the molecule is CCc1nnc(NC(=O)CSc2nc(-c3ccc4c(c3)OCO4)nc3cc(=O)[nH]n23)s1. The fourth-order valence-corrected chi connectivity index (χ4v) is 4.33. The molecule has 4 aromatic rings. The zero-order chi connectivity index (χ0) is 21.4. The number of nitrogens with one attached hydrogen (secondary N) is 2. The number of hydrogen-bond acceptors (Lipinski definition) is 10. The van der Waals surface area contributed by atoms with Crippen molar-refractivity contribution in [2.75, 3.05) is 17.9 Å². The van der Waals surface area contributed by atoms with Gasteiger partial charge < -0.3 is 9.47 Å². The van der Waals surface area contributed by atoms with Gasteiger partial charge in [0.05, 0.1) is 5.75 Å². The average Bonchev–Trinajstić information content (AvgIpc) is 3.49. The Morgan fingerprint density at radius 1 is 1.26 bits per heavy atom. The van der Waals surface area contributed by atoms with E-state index in [0.29, 0.717) is 38.8 Å². The highest BCUT2D eigenvalue weighted by atomic mass is 32.2. The molecule has 1 aromatic carbocycles. The highest BCUT2D eigenvalue weighted by Gasteiger charge is 2.18. The van der Waals surface area contributed by atoms with E-state index in [1.54, 1.807) is 12.1 Å². The number of aryl methyl sites for hydroxylation is 1. The van der Waals surface area contributed by atoms with Gasteiger partial charge in [0.25, 0.3) is 5.56 Å². The third-order valence-electron chi connectivity index (χ3n) is 4.30. The Labute approximate surface area is 182 Å². The van der Waals surface area contributed by atoms with Gasteiger partial charge in [-0.2, -0.15) is 0 Å². The van der Waals surface area contributed by atoms with Gasteiger partial charge in [-0.15, -0.1) is 10.2 Å². The average molecular weight is 457 g/mol. The van der Waals surface area contributed by atoms with Crippen molar-refractivity contribution < 1.29 is 14.3 Å². The summed E-state index contributed by atoms with van der Waals surface area (Å²) in [4.78, 5) is 33.2. The van der Waals surface area contributed by atoms with E-state index in [0.717, 1.165) is 11.4 Å². The van der Waals surface area contributed by atoms with Crippen LogP contribution in [0.2, 0.25) is 0 Å². The lowest BCUT2D eigenvalue weighted by atomic mass is 10.2. The Bertz CT molecular complexity index is 1350. The van der Waals surface area contributed by atoms with Crippen LogP contribution in [0.25, 0.3) is 17.0 Å². The summed E-state index contributed by atoms with van der Waals surface area (Å²) in [5.41, 5.74) is 0.782. The van der Waals surface area contributed by atoms with Gasteiger partial charge in [0.1, 0.15) is 5.01 Å². The summed E-state index contributed by atoms with van der Waals surface area (Å²) in [6, 6.07) is 6.74. The van der Waals surface area contributed by atoms with E-state index in [2.05, 4.69) is 30.6 Å². The number of carbonyl (C=O) groups is 1. The van der Waals surface area contributed by atoms with E-state index >= 15 is 0 Å². The van der Waals surface area contributed by atoms with Crippen molar-refractivity contribution in [3.63, 3.8) is 0 Å². The summed E-state index contributed by atoms with van der Waals surface area (Å²) in [5.74, 6) is 1.46. The van der Waals surface area contributed by atoms with Gasteiger partial charge in [0, 0.05) is 11.6 Å². The van der Waals surface area contributed by atoms with E-state index in [9.17, 15) is 9.59 Å². The maximum atomic E-state index is 12.4. The number of aromatic amines is 1. The van der Waals surface area contributed by atoms with Gasteiger partial charge in [-0.25, -0.2) is 14.5 Å². The minimum atomic E-state index is -0.315. The number of benzene rings is 1. The van der Waals surface area contributed by atoms with Crippen LogP contribution in [0, 0.1) is 0 Å². The number of thioether (sulfide) groups is 1. The van der Waals surface area contributed by atoms with Gasteiger partial charge >= 0.3 is 0 Å². The van der Waals surface area contributed by atoms with Gasteiger partial charge in [0.15, 0.2) is 28.1 Å². The molecule has 158 valence electrons. The molecule has 0 fully saturated rings. The second-order valence-corrected chi connectivity index (χ2v) is 8.41. The first-order valence-corrected chi connectivity index (χ1v) is 11.0. The molecule has 1 aliphatic rings. The van der Waals surface area contributed by atoms with E-state index in [4.69, 9.17) is 9.47 Å². The van der Waals surface area contributed by atoms with Gasteiger partial charge in [0.2, 0.25) is 17.8 Å². The predicted molar refractivity (Wildman–Crippen MR) is 114 cm³/mol. The molecule has 2 N–H and O–H groups in total. The lowest BCUT2D eigenvalue weighted by molar-refractivity contribution is -0.113. The van der Waals surface area contributed by atoms with E-state index < -0.39 is 0 Å². The van der Waals surface area contributed by atoms with Crippen LogP contribution in [-0.4, -0.2) is 48.2 Å². The Hall–Kier alpha value is -3.45. The summed E-state index contributed by atoms with van der Waals surface area (Å²) in [6.45, 7) is 2.13. The van der Waals surface area contributed by atoms with Crippen LogP contribution in [0.4, 0.5) is 5.13 Å². The molecular weight excluding hydrogens is 442 g/mol. The first-order chi connectivity index (χ1) is 15.1. The fraction of sp³-hybridized carbons (Fsp3) is 0.222. The minimum absolute atomic E-state index is 0.0634. The minimum Gasteiger partial charge on any atom is -0.454 e. The molecule has 0 saturated heterocycles. The van der Waals surface area contributed by atoms with E-state index in [1.165, 1.54) is 33.7 Å². The van der Waals surface area contributed by atoms with Crippen LogP contribution in [0.1, 0.15) is 11.9 Å². The molecule has 0 spiro atoms. The maximum Gasteiger partial charge on any atom is 0.266 e. The number of carbonyl (C=O) groups excluding carboxylic acids is 1. The number of rotatable bonds is 6. The molecule has 4 heterocycles.